The second kappa shape index (κ2) is 6.84. The maximum absolute atomic E-state index is 12.8. The van der Waals surface area contributed by atoms with Crippen molar-refractivity contribution in [2.45, 2.75) is 6.54 Å². The number of carbonyl (C=O) groups is 2. The van der Waals surface area contributed by atoms with E-state index in [9.17, 15) is 19.7 Å². The zero-order chi connectivity index (χ0) is 20.0. The average Bonchev–Trinajstić information content (AvgIpc) is 3.14. The van der Waals surface area contributed by atoms with Gasteiger partial charge >= 0.3 is 0 Å². The molecule has 0 bridgehead atoms. The van der Waals surface area contributed by atoms with Crippen LogP contribution >= 0.6 is 27.5 Å². The van der Waals surface area contributed by atoms with E-state index in [0.717, 1.165) is 10.5 Å². The molecule has 0 spiro atoms. The first-order chi connectivity index (χ1) is 13.4. The van der Waals surface area contributed by atoms with E-state index in [0.29, 0.717) is 16.0 Å². The number of imide groups is 1. The zero-order valence-electron chi connectivity index (χ0n) is 14.0. The molecule has 2 heterocycles. The van der Waals surface area contributed by atoms with Gasteiger partial charge in [-0.15, -0.1) is 0 Å². The van der Waals surface area contributed by atoms with E-state index in [-0.39, 0.29) is 16.9 Å². The number of aromatic nitrogens is 2. The Labute approximate surface area is 171 Å². The molecule has 0 N–H and O–H groups in total. The quantitative estimate of drug-likeness (QED) is 0.331. The van der Waals surface area contributed by atoms with Crippen molar-refractivity contribution in [1.29, 1.82) is 0 Å². The van der Waals surface area contributed by atoms with Gasteiger partial charge in [0.2, 0.25) is 0 Å². The van der Waals surface area contributed by atoms with Crippen molar-refractivity contribution in [3.05, 3.63) is 85.0 Å². The molecule has 1 aliphatic rings. The van der Waals surface area contributed by atoms with Gasteiger partial charge in [-0.25, -0.2) is 4.90 Å². The topological polar surface area (TPSA) is 98.3 Å². The maximum Gasteiger partial charge on any atom is 0.283 e. The highest BCUT2D eigenvalue weighted by Crippen LogP contribution is 2.36. The first-order valence-corrected chi connectivity index (χ1v) is 9.17. The summed E-state index contributed by atoms with van der Waals surface area (Å²) in [6, 6.07) is 11.1. The number of nitrogens with zero attached hydrogens (tertiary/aromatic N) is 4. The molecule has 10 heteroatoms. The summed E-state index contributed by atoms with van der Waals surface area (Å²) in [6.45, 7) is 0.388. The largest absolute Gasteiger partial charge is 0.283 e. The highest BCUT2D eigenvalue weighted by Gasteiger charge is 2.43. The third-order valence-corrected chi connectivity index (χ3v) is 5.07. The Morgan fingerprint density at radius 1 is 1.11 bits per heavy atom. The van der Waals surface area contributed by atoms with Crippen molar-refractivity contribution in [3.8, 4) is 0 Å². The number of amides is 2. The van der Waals surface area contributed by atoms with Crippen LogP contribution in [0.25, 0.3) is 0 Å². The van der Waals surface area contributed by atoms with E-state index in [4.69, 9.17) is 11.6 Å². The van der Waals surface area contributed by atoms with Crippen LogP contribution in [0.5, 0.6) is 0 Å². The molecule has 3 aromatic rings. The lowest BCUT2D eigenvalue weighted by Gasteiger charge is -2.10. The predicted octanol–water partition coefficient (Wildman–Crippen LogP) is 4.06. The minimum Gasteiger partial charge on any atom is -0.268 e. The molecule has 0 aliphatic carbocycles. The van der Waals surface area contributed by atoms with Crippen LogP contribution in [0.3, 0.4) is 0 Å². The Hall–Kier alpha value is -3.04. The van der Waals surface area contributed by atoms with Gasteiger partial charge in [0.1, 0.15) is 5.56 Å². The number of halogens is 2. The van der Waals surface area contributed by atoms with Crippen LogP contribution in [-0.2, 0) is 6.54 Å². The molecule has 0 unspecified atom stereocenters. The van der Waals surface area contributed by atoms with E-state index < -0.39 is 22.4 Å². The summed E-state index contributed by atoms with van der Waals surface area (Å²) >= 11 is 9.20. The summed E-state index contributed by atoms with van der Waals surface area (Å²) in [4.78, 5) is 37.0. The van der Waals surface area contributed by atoms with Gasteiger partial charge in [-0.1, -0.05) is 29.8 Å². The minimum atomic E-state index is -0.773. The summed E-state index contributed by atoms with van der Waals surface area (Å²) < 4.78 is 1.97. The monoisotopic (exact) mass is 460 g/mol. The molecule has 0 saturated carbocycles. The van der Waals surface area contributed by atoms with Crippen molar-refractivity contribution in [1.82, 2.24) is 9.78 Å². The SMILES string of the molecule is O=C1c2cccc([N+](=O)[O-])c2C(=O)N1c1nn(Cc2ccc(Cl)cc2)cc1Br. The van der Waals surface area contributed by atoms with Crippen molar-refractivity contribution in [2.24, 2.45) is 0 Å². The first-order valence-electron chi connectivity index (χ1n) is 8.00. The molecule has 0 fully saturated rings. The third-order valence-electron chi connectivity index (χ3n) is 4.26. The van der Waals surface area contributed by atoms with Crippen molar-refractivity contribution in [2.75, 3.05) is 4.90 Å². The molecule has 8 nitrogen and oxygen atoms in total. The number of fused-ring (bicyclic) bond motifs is 1. The summed E-state index contributed by atoms with van der Waals surface area (Å²) in [5.74, 6) is -1.35. The van der Waals surface area contributed by atoms with E-state index in [1.54, 1.807) is 23.0 Å². The number of hydrogen-bond donors (Lipinski definition) is 0. The molecule has 1 aromatic heterocycles. The van der Waals surface area contributed by atoms with Gasteiger partial charge < -0.3 is 0 Å². The smallest absolute Gasteiger partial charge is 0.268 e. The molecule has 4 rings (SSSR count). The van der Waals surface area contributed by atoms with Gasteiger partial charge in [-0.05, 0) is 39.7 Å². The van der Waals surface area contributed by atoms with Crippen LogP contribution in [0, 0.1) is 10.1 Å². The fourth-order valence-corrected chi connectivity index (χ4v) is 3.63. The van der Waals surface area contributed by atoms with Crippen molar-refractivity contribution >= 4 is 50.9 Å². The number of benzene rings is 2. The summed E-state index contributed by atoms with van der Waals surface area (Å²) in [5, 5.41) is 16.2. The van der Waals surface area contributed by atoms with Crippen LogP contribution in [0.1, 0.15) is 26.3 Å². The summed E-state index contributed by atoms with van der Waals surface area (Å²) in [5.41, 5.74) is 0.272. The molecule has 0 radical (unpaired) electrons. The lowest BCUT2D eigenvalue weighted by molar-refractivity contribution is -0.385. The van der Waals surface area contributed by atoms with Gasteiger partial charge in [0.25, 0.3) is 17.5 Å². The minimum absolute atomic E-state index is 0.0154. The lowest BCUT2D eigenvalue weighted by Crippen LogP contribution is -2.30. The van der Waals surface area contributed by atoms with Gasteiger partial charge in [-0.2, -0.15) is 5.10 Å². The van der Waals surface area contributed by atoms with Crippen molar-refractivity contribution < 1.29 is 14.5 Å². The molecule has 0 saturated heterocycles. The molecule has 0 atom stereocenters. The number of hydrogen-bond acceptors (Lipinski definition) is 5. The molecule has 1 aliphatic heterocycles. The predicted molar refractivity (Wildman–Crippen MR) is 105 cm³/mol. The van der Waals surface area contributed by atoms with E-state index in [1.807, 2.05) is 12.1 Å². The Kier molecular flexibility index (Phi) is 4.48. The van der Waals surface area contributed by atoms with Crippen LogP contribution in [0.15, 0.2) is 53.1 Å². The number of anilines is 1. The molecule has 28 heavy (non-hydrogen) atoms. The fraction of sp³-hybridized carbons (Fsp3) is 0.0556. The Morgan fingerprint density at radius 3 is 2.50 bits per heavy atom. The van der Waals surface area contributed by atoms with Crippen LogP contribution in [-0.4, -0.2) is 26.5 Å². The normalized spacial score (nSPS) is 13.1. The van der Waals surface area contributed by atoms with Crippen molar-refractivity contribution in [3.63, 3.8) is 0 Å². The number of carbonyl (C=O) groups excluding carboxylic acids is 2. The lowest BCUT2D eigenvalue weighted by atomic mass is 10.1. The van der Waals surface area contributed by atoms with Crippen LogP contribution < -0.4 is 4.90 Å². The van der Waals surface area contributed by atoms with Gasteiger partial charge in [-0.3, -0.25) is 24.4 Å². The number of rotatable bonds is 4. The van der Waals surface area contributed by atoms with E-state index in [2.05, 4.69) is 21.0 Å². The van der Waals surface area contributed by atoms with E-state index >= 15 is 0 Å². The molecule has 2 amide bonds. The summed E-state index contributed by atoms with van der Waals surface area (Å²) in [6.07, 6.45) is 1.63. The molecule has 140 valence electrons. The number of nitro groups is 1. The first kappa shape index (κ1) is 18.3. The van der Waals surface area contributed by atoms with Gasteiger partial charge in [0.15, 0.2) is 5.82 Å². The molecule has 2 aromatic carbocycles. The second-order valence-corrected chi connectivity index (χ2v) is 7.32. The van der Waals surface area contributed by atoms with Gasteiger partial charge in [0.05, 0.1) is 21.5 Å². The maximum atomic E-state index is 12.8. The highest BCUT2D eigenvalue weighted by molar-refractivity contribution is 9.10. The average molecular weight is 462 g/mol. The highest BCUT2D eigenvalue weighted by atomic mass is 79.9. The standard InChI is InChI=1S/C18H10BrClN4O4/c19-13-9-22(8-10-4-6-11(20)7-5-10)21-16(13)23-17(25)12-2-1-3-14(24(27)28)15(12)18(23)26/h1-7,9H,8H2. The number of nitro benzene ring substituents is 1. The van der Waals surface area contributed by atoms with Crippen LogP contribution in [0.2, 0.25) is 5.02 Å². The van der Waals surface area contributed by atoms with E-state index in [1.165, 1.54) is 18.2 Å². The zero-order valence-corrected chi connectivity index (χ0v) is 16.3. The third kappa shape index (κ3) is 2.98. The van der Waals surface area contributed by atoms with Gasteiger partial charge in [0, 0.05) is 17.3 Å². The molecular formula is C18H10BrClN4O4. The second-order valence-electron chi connectivity index (χ2n) is 6.03. The Morgan fingerprint density at radius 2 is 1.82 bits per heavy atom. The molecular weight excluding hydrogens is 452 g/mol. The summed E-state index contributed by atoms with van der Waals surface area (Å²) in [7, 11) is 0. The Balaban J connectivity index is 1.70. The Bertz CT molecular complexity index is 1140. The fourth-order valence-electron chi connectivity index (χ4n) is 3.01. The van der Waals surface area contributed by atoms with Crippen LogP contribution in [0.4, 0.5) is 11.5 Å².